The van der Waals surface area contributed by atoms with Gasteiger partial charge in [-0.15, -0.1) is 0 Å². The monoisotopic (exact) mass is 2030 g/mol. The summed E-state index contributed by atoms with van der Waals surface area (Å²) in [5, 5.41) is 0. The number of benzene rings is 6. The Bertz CT molecular complexity index is 9710. The molecule has 774 valence electrons. The Morgan fingerprint density at radius 3 is 1.15 bits per heavy atom. The SMILES string of the molecule is [2H]C([2H])([2H])Oc1cc2c(cc1OC)C([2H])([2H])C([2H])([2H])N1CC([2H])(CC(C)C)C(=O)C([2H])([2H])C21.[2H]c1c(OC([2H])([2H])[2H])c(OC)c([2H])c2c1C1([2H])CC(=O)C(C([2H])([2H])C([2H])(C([2H])([2H])[2H])C([2H])([2H])C)CN1C([2H])([2H])C2([2H])[2H].[2H]c1c(OC([2H])([2H])[2H])c(OC)c([2H])c2c1C1([2H])CC(=O)C(CC(C)C)C([2H])([2H])N1C([2H])([2H])C2([2H])[2H].[2H]c1c(OC([2H])([2H])[2H])c(OC)c([2H])c2c1C1([2H])CC(=O)C(CC(C)C)CN1C([2H])([2H])C2([2H])[2H].[2H]c1c(OC)c(OC([2H])([2H])[2H])c([2H])c2c1C([2H])([2H])C([2H])([2H])N1CC([2H])(C([2H])([2H])C([2H])(C([2H])([2H])[2H])C([2H])([2H])C)C(=O)C([2H])([2H])C21[2H].[2H]c1c2c(c([2H])c(OC([2H])([2H])[2H])c1OC)C1N(CC2)C([2H])([2H])C([2H])(C([2H])([2H])C([2H])(C([2H])([2H])[2H])C([2H])([2H])C)C(=O)C1([2H])[2H]. The number of ether oxygens (including phenoxy) is 12. The smallest absolute Gasteiger partial charge is 0.161 e. The minimum absolute atomic E-state index is 0.0117. The second-order valence-corrected chi connectivity index (χ2v) is 33.5. The second-order valence-electron chi connectivity index (χ2n) is 33.5. The molecular weight excluding hydrogens is 1780 g/mol. The summed E-state index contributed by atoms with van der Waals surface area (Å²) in [5.41, 5.74) is -7.92. The molecule has 0 spiro atoms. The van der Waals surface area contributed by atoms with Gasteiger partial charge in [0.15, 0.2) is 69.0 Å². The van der Waals surface area contributed by atoms with Crippen LogP contribution >= 0.6 is 0 Å². The zero-order valence-corrected chi connectivity index (χ0v) is 79.3. The quantitative estimate of drug-likeness (QED) is 0.0466. The standard InChI is InChI=1S/3C20H29NO3.3C19H27NO3/c3*1-5-13(2)8-15-12-21-7-6-14-9-19(23-3)20(24-4)10-16(14)17(21)11-18(15)22;3*1-12(2)7-14-11-20-6-5-13-8-18(22-3)19(23-4)9-15(13)16(20)10-17(14)21/h3*9-10,13,15,17H,5-8,11-12H2,1-4H3;3*8-9,12,14,16H,5-7,10-11H2,1-4H3/i2D3,4D3,5D2,6D2,7D2,8D2,9D,10D,11D2,13D,15D,17D;2D3,4D3,5D2,8D2,9D,10D,11D2,12D2,13D,15D;2D3,4D3,5D2,6D2,7D2,8D2,9D,10D,13D,17D;4D3,5D2,6D2,8D,9D,11D2,16D;4D3,5D2,6D2,8D,9D,16D;4D3,5D2,6D2,10D2,14D. The van der Waals surface area contributed by atoms with Crippen LogP contribution in [-0.4, -0.2) is 227 Å². The van der Waals surface area contributed by atoms with Crippen LogP contribution in [0, 0.1) is 70.9 Å². The third-order valence-corrected chi connectivity index (χ3v) is 23.0. The first-order valence-electron chi connectivity index (χ1n) is 88.3. The summed E-state index contributed by atoms with van der Waals surface area (Å²) in [5.74, 6) is -42.1. The summed E-state index contributed by atoms with van der Waals surface area (Å²) in [6, 6.07) is -22.1. The lowest BCUT2D eigenvalue weighted by Gasteiger charge is -2.43. The number of aryl methyl sites for hydroxylation is 1. The molecule has 15 unspecified atom stereocenters. The molecule has 6 fully saturated rings. The first kappa shape index (κ1) is 41.5. The number of carbonyl (C=O) groups excluding carboxylic acids is 6. The highest BCUT2D eigenvalue weighted by molar-refractivity contribution is 5.86. The van der Waals surface area contributed by atoms with Gasteiger partial charge in [0.05, 0.1) is 129 Å². The number of methoxy groups -OCH3 is 12. The molecule has 12 aliphatic heterocycles. The van der Waals surface area contributed by atoms with Crippen LogP contribution in [0.25, 0.3) is 0 Å². The molecule has 0 radical (unpaired) electrons. The molecule has 12 aliphatic rings. The number of nitrogens with zero attached hydrogens (tertiary/aromatic N) is 6. The van der Waals surface area contributed by atoms with Gasteiger partial charge in [-0.1, -0.05) is 102 Å². The number of fused-ring (bicyclic) bond motifs is 18. The predicted octanol–water partition coefficient (Wildman–Crippen LogP) is 20.6. The van der Waals surface area contributed by atoms with Crippen molar-refractivity contribution in [3.63, 3.8) is 0 Å². The van der Waals surface area contributed by atoms with Crippen LogP contribution in [0.3, 0.4) is 0 Å². The molecular formula is C117H168N6O18. The van der Waals surface area contributed by atoms with E-state index in [1.54, 1.807) is 27.7 Å². The average Bonchev–Trinajstić information content (AvgIpc) is 0.642. The Kier molecular flexibility index (Phi) is 14.7. The van der Waals surface area contributed by atoms with E-state index in [9.17, 15) is 31.5 Å². The minimum Gasteiger partial charge on any atom is -0.493 e. The van der Waals surface area contributed by atoms with E-state index in [0.717, 1.165) is 57.5 Å². The van der Waals surface area contributed by atoms with E-state index in [2.05, 4.69) is 0 Å². The maximum Gasteiger partial charge on any atom is 0.161 e. The van der Waals surface area contributed by atoms with Gasteiger partial charge >= 0.3 is 0 Å². The number of carbonyl (C=O) groups is 6. The summed E-state index contributed by atoms with van der Waals surface area (Å²) in [6.45, 7) is -26.0. The Labute approximate surface area is 967 Å². The molecule has 24 nitrogen and oxygen atoms in total. The van der Waals surface area contributed by atoms with Crippen molar-refractivity contribution in [2.75, 3.05) is 163 Å². The third-order valence-electron chi connectivity index (χ3n) is 23.0. The fourth-order valence-corrected chi connectivity index (χ4v) is 16.2. The number of hydrogen-bond acceptors (Lipinski definition) is 24. The summed E-state index contributed by atoms with van der Waals surface area (Å²) < 4.78 is 798. The molecule has 6 aromatic rings. The van der Waals surface area contributed by atoms with E-state index in [0.29, 0.717) is 41.9 Å². The van der Waals surface area contributed by atoms with E-state index in [1.807, 2.05) is 13.8 Å². The topological polar surface area (TPSA) is 233 Å². The van der Waals surface area contributed by atoms with Crippen molar-refractivity contribution < 1.29 is 208 Å². The van der Waals surface area contributed by atoms with Crippen LogP contribution in [0.2, 0.25) is 0 Å². The van der Waals surface area contributed by atoms with Crippen LogP contribution in [0.15, 0.2) is 72.6 Å². The largest absolute Gasteiger partial charge is 0.493 e. The van der Waals surface area contributed by atoms with Crippen molar-refractivity contribution in [2.24, 2.45) is 70.9 Å². The Hall–Kier alpha value is -9.30. The molecule has 15 atom stereocenters. The highest BCUT2D eigenvalue weighted by Crippen LogP contribution is 2.51. The van der Waals surface area contributed by atoms with Gasteiger partial charge in [0, 0.05) is 266 Å². The van der Waals surface area contributed by atoms with Gasteiger partial charge < -0.3 is 56.8 Å². The minimum atomic E-state index is -4.22. The van der Waals surface area contributed by atoms with Gasteiger partial charge in [0.2, 0.25) is 0 Å². The molecule has 0 saturated carbocycles. The molecule has 0 aromatic heterocycles. The maximum absolute atomic E-state index is 14.0. The van der Waals surface area contributed by atoms with Crippen LogP contribution in [0.1, 0.15) is 404 Å². The van der Waals surface area contributed by atoms with Crippen molar-refractivity contribution >= 4 is 34.7 Å². The second kappa shape index (κ2) is 50.0. The fraction of sp³-hybridized carbons (Fsp3) is 0.641. The lowest BCUT2D eigenvalue weighted by atomic mass is 9.79. The maximum atomic E-state index is 14.0. The lowest BCUT2D eigenvalue weighted by Crippen LogP contribution is -2.46. The van der Waals surface area contributed by atoms with Crippen molar-refractivity contribution in [1.82, 2.24) is 29.4 Å². The van der Waals surface area contributed by atoms with Gasteiger partial charge in [0.1, 0.15) is 34.7 Å². The van der Waals surface area contributed by atoms with E-state index in [-0.39, 0.29) is 82.4 Å². The van der Waals surface area contributed by atoms with Crippen LogP contribution in [0.5, 0.6) is 69.0 Å². The number of ketones is 6. The average molecular weight is 2040 g/mol. The number of rotatable bonds is 27. The van der Waals surface area contributed by atoms with Gasteiger partial charge in [0.25, 0.3) is 0 Å². The highest BCUT2D eigenvalue weighted by atomic mass is 16.5. The molecule has 0 amide bonds. The molecule has 18 rings (SSSR count). The number of Topliss-reactive ketones (excluding diaryl/α,β-unsaturated/α-hetero) is 6. The normalized spacial score (nSPS) is 45.0. The number of piperidine rings is 6. The molecule has 0 bridgehead atoms. The van der Waals surface area contributed by atoms with E-state index in [4.69, 9.17) is 176 Å². The zero-order valence-electron chi connectivity index (χ0n) is 168. The lowest BCUT2D eigenvalue weighted by molar-refractivity contribution is -0.130. The Balaban J connectivity index is 0.000000219. The highest BCUT2D eigenvalue weighted by Gasteiger charge is 2.47. The predicted molar refractivity (Wildman–Crippen MR) is 555 cm³/mol. The summed E-state index contributed by atoms with van der Waals surface area (Å²) >= 11 is 0. The summed E-state index contributed by atoms with van der Waals surface area (Å²) in [7, 11) is -12.6. The summed E-state index contributed by atoms with van der Waals surface area (Å²) in [6.07, 6.45) is -50.4. The van der Waals surface area contributed by atoms with Gasteiger partial charge in [-0.3, -0.25) is 58.2 Å². The van der Waals surface area contributed by atoms with Crippen molar-refractivity contribution in [3.05, 3.63) is 139 Å². The van der Waals surface area contributed by atoms with Gasteiger partial charge in [-0.25, -0.2) is 0 Å². The van der Waals surface area contributed by atoms with Crippen LogP contribution < -0.4 is 56.8 Å². The van der Waals surface area contributed by atoms with E-state index < -0.39 is 529 Å². The summed E-state index contributed by atoms with van der Waals surface area (Å²) in [4.78, 5) is 83.7. The zero-order chi connectivity index (χ0) is 180. The van der Waals surface area contributed by atoms with Crippen molar-refractivity contribution in [1.29, 1.82) is 0 Å². The van der Waals surface area contributed by atoms with Crippen molar-refractivity contribution in [3.8, 4) is 69.0 Å². The molecule has 141 heavy (non-hydrogen) atoms. The Morgan fingerprint density at radius 2 is 0.688 bits per heavy atom. The van der Waals surface area contributed by atoms with Gasteiger partial charge in [-0.05, 0) is 251 Å². The molecule has 0 aliphatic carbocycles. The van der Waals surface area contributed by atoms with Crippen molar-refractivity contribution in [2.45, 2.75) is 253 Å². The number of hydrogen-bond donors (Lipinski definition) is 0. The molecule has 0 N–H and O–H groups in total. The first-order valence-corrected chi connectivity index (χ1v) is 43.8. The van der Waals surface area contributed by atoms with E-state index in [1.165, 1.54) is 7.11 Å². The third kappa shape index (κ3) is 25.6. The molecule has 6 saturated heterocycles. The van der Waals surface area contributed by atoms with E-state index >= 15 is 0 Å². The molecule has 12 heterocycles. The molecule has 24 heteroatoms. The fourth-order valence-electron chi connectivity index (χ4n) is 16.2. The van der Waals surface area contributed by atoms with Gasteiger partial charge in [-0.2, -0.15) is 0 Å². The van der Waals surface area contributed by atoms with Crippen LogP contribution in [0.4, 0.5) is 0 Å². The first-order chi connectivity index (χ1) is 102. The molecule has 6 aromatic carbocycles. The Morgan fingerprint density at radius 1 is 0.340 bits per heavy atom. The van der Waals surface area contributed by atoms with Crippen LogP contribution in [-0.2, 0) is 67.1 Å².